The van der Waals surface area contributed by atoms with E-state index >= 15 is 0 Å². The summed E-state index contributed by atoms with van der Waals surface area (Å²) < 4.78 is 0. The Kier molecular flexibility index (Phi) is 2.76. The molecule has 2 rings (SSSR count). The maximum Gasteiger partial charge on any atom is 0.246 e. The van der Waals surface area contributed by atoms with Crippen molar-refractivity contribution in [3.05, 3.63) is 24.3 Å². The molecule has 1 aromatic carbocycles. The third kappa shape index (κ3) is 2.31. The van der Waals surface area contributed by atoms with Crippen molar-refractivity contribution in [2.24, 2.45) is 0 Å². The van der Waals surface area contributed by atoms with Crippen LogP contribution < -0.4 is 10.6 Å². The summed E-state index contributed by atoms with van der Waals surface area (Å²) in [6.07, 6.45) is 0.927. The van der Waals surface area contributed by atoms with E-state index < -0.39 is 6.04 Å². The molecule has 16 heavy (non-hydrogen) atoms. The Hall–Kier alpha value is -2.04. The highest BCUT2D eigenvalue weighted by Crippen LogP contribution is 2.15. The zero-order chi connectivity index (χ0) is 11.5. The van der Waals surface area contributed by atoms with Crippen LogP contribution in [0, 0.1) is 0 Å². The summed E-state index contributed by atoms with van der Waals surface area (Å²) in [6, 6.07) is 5.74. The number of carbonyl (C=O) groups excluding carboxylic acids is 2. The number of amides is 2. The molecule has 0 aromatic heterocycles. The quantitative estimate of drug-likeness (QED) is 0.639. The molecule has 84 valence electrons. The number of carbonyl (C=O) groups is 2. The van der Waals surface area contributed by atoms with Crippen molar-refractivity contribution < 1.29 is 14.7 Å². The average molecular weight is 220 g/mol. The van der Waals surface area contributed by atoms with Crippen molar-refractivity contribution in [1.82, 2.24) is 5.32 Å². The third-order valence-electron chi connectivity index (χ3n) is 2.45. The van der Waals surface area contributed by atoms with Gasteiger partial charge in [-0.2, -0.15) is 0 Å². The Labute approximate surface area is 92.5 Å². The van der Waals surface area contributed by atoms with E-state index in [1.54, 1.807) is 12.1 Å². The van der Waals surface area contributed by atoms with Gasteiger partial charge in [-0.15, -0.1) is 0 Å². The summed E-state index contributed by atoms with van der Waals surface area (Å²) in [7, 11) is 0. The number of rotatable bonds is 2. The highest BCUT2D eigenvalue weighted by molar-refractivity contribution is 5.98. The Morgan fingerprint density at radius 2 is 2.06 bits per heavy atom. The molecular weight excluding hydrogens is 208 g/mol. The third-order valence-corrected chi connectivity index (χ3v) is 2.45. The minimum atomic E-state index is -0.443. The number of nitrogens with one attached hydrogen (secondary N) is 2. The van der Waals surface area contributed by atoms with Crippen molar-refractivity contribution in [1.29, 1.82) is 0 Å². The van der Waals surface area contributed by atoms with Gasteiger partial charge in [-0.05, 0) is 30.7 Å². The molecule has 1 aliphatic heterocycles. The van der Waals surface area contributed by atoms with Crippen LogP contribution in [-0.4, -0.2) is 23.0 Å². The smallest absolute Gasteiger partial charge is 0.246 e. The first kappa shape index (κ1) is 10.5. The number of benzene rings is 1. The summed E-state index contributed by atoms with van der Waals surface area (Å²) in [6.45, 7) is 0. The lowest BCUT2D eigenvalue weighted by Crippen LogP contribution is -2.37. The van der Waals surface area contributed by atoms with E-state index in [9.17, 15) is 9.59 Å². The topological polar surface area (TPSA) is 78.4 Å². The second kappa shape index (κ2) is 4.22. The van der Waals surface area contributed by atoms with Gasteiger partial charge >= 0.3 is 0 Å². The van der Waals surface area contributed by atoms with Gasteiger partial charge in [0.15, 0.2) is 0 Å². The standard InChI is InChI=1S/C11H12N2O3/c14-8-3-1-7(2-4-8)12-11(16)9-5-6-10(15)13-9/h1-4,9,14H,5-6H2,(H,12,16)(H,13,15). The van der Waals surface area contributed by atoms with Crippen LogP contribution in [0.3, 0.4) is 0 Å². The molecule has 3 N–H and O–H groups in total. The number of anilines is 1. The molecule has 5 heteroatoms. The number of phenols is 1. The highest BCUT2D eigenvalue weighted by atomic mass is 16.3. The Bertz CT molecular complexity index is 414. The molecule has 0 saturated carbocycles. The normalized spacial score (nSPS) is 19.2. The lowest BCUT2D eigenvalue weighted by molar-refractivity contribution is -0.122. The van der Waals surface area contributed by atoms with Crippen LogP contribution in [0.15, 0.2) is 24.3 Å². The molecule has 2 amide bonds. The maximum absolute atomic E-state index is 11.7. The van der Waals surface area contributed by atoms with Crippen molar-refractivity contribution in [2.75, 3.05) is 5.32 Å². The van der Waals surface area contributed by atoms with E-state index in [4.69, 9.17) is 5.11 Å². The van der Waals surface area contributed by atoms with Gasteiger partial charge < -0.3 is 15.7 Å². The van der Waals surface area contributed by atoms with Gasteiger partial charge in [-0.3, -0.25) is 9.59 Å². The zero-order valence-corrected chi connectivity index (χ0v) is 8.56. The van der Waals surface area contributed by atoms with Crippen LogP contribution in [0.25, 0.3) is 0 Å². The first-order valence-corrected chi connectivity index (χ1v) is 5.04. The number of aromatic hydroxyl groups is 1. The first-order chi connectivity index (χ1) is 7.65. The number of hydrogen-bond donors (Lipinski definition) is 3. The minimum Gasteiger partial charge on any atom is -0.508 e. The van der Waals surface area contributed by atoms with Gasteiger partial charge in [0.25, 0.3) is 0 Å². The molecule has 0 bridgehead atoms. The Balaban J connectivity index is 1.97. The summed E-state index contributed by atoms with van der Waals surface area (Å²) in [5, 5.41) is 14.3. The van der Waals surface area contributed by atoms with Crippen LogP contribution in [-0.2, 0) is 9.59 Å². The Morgan fingerprint density at radius 3 is 2.62 bits per heavy atom. The van der Waals surface area contributed by atoms with Crippen LogP contribution in [0.2, 0.25) is 0 Å². The van der Waals surface area contributed by atoms with Gasteiger partial charge in [0.2, 0.25) is 11.8 Å². The van der Waals surface area contributed by atoms with Crippen LogP contribution in [0.5, 0.6) is 5.75 Å². The number of phenolic OH excluding ortho intramolecular Hbond substituents is 1. The predicted molar refractivity (Wildman–Crippen MR) is 57.9 cm³/mol. The van der Waals surface area contributed by atoms with Crippen LogP contribution in [0.1, 0.15) is 12.8 Å². The van der Waals surface area contributed by atoms with Gasteiger partial charge in [-0.1, -0.05) is 0 Å². The van der Waals surface area contributed by atoms with Crippen LogP contribution >= 0.6 is 0 Å². The highest BCUT2D eigenvalue weighted by Gasteiger charge is 2.26. The molecule has 0 spiro atoms. The monoisotopic (exact) mass is 220 g/mol. The zero-order valence-electron chi connectivity index (χ0n) is 8.56. The van der Waals surface area contributed by atoms with Crippen LogP contribution in [0.4, 0.5) is 5.69 Å². The molecule has 5 nitrogen and oxygen atoms in total. The maximum atomic E-state index is 11.7. The minimum absolute atomic E-state index is 0.0918. The molecule has 1 unspecified atom stereocenters. The van der Waals surface area contributed by atoms with E-state index in [1.165, 1.54) is 12.1 Å². The molecule has 0 radical (unpaired) electrons. The fourth-order valence-electron chi connectivity index (χ4n) is 1.58. The van der Waals surface area contributed by atoms with E-state index in [2.05, 4.69) is 10.6 Å². The van der Waals surface area contributed by atoms with E-state index in [-0.39, 0.29) is 17.6 Å². The van der Waals surface area contributed by atoms with Crippen molar-refractivity contribution in [3.63, 3.8) is 0 Å². The lowest BCUT2D eigenvalue weighted by Gasteiger charge is -2.10. The van der Waals surface area contributed by atoms with Crippen molar-refractivity contribution in [2.45, 2.75) is 18.9 Å². The van der Waals surface area contributed by atoms with Gasteiger partial charge in [0, 0.05) is 12.1 Å². The largest absolute Gasteiger partial charge is 0.508 e. The lowest BCUT2D eigenvalue weighted by atomic mass is 10.2. The summed E-state index contributed by atoms with van der Waals surface area (Å²) >= 11 is 0. The second-order valence-electron chi connectivity index (χ2n) is 3.69. The molecule has 1 fully saturated rings. The molecule has 1 aliphatic rings. The fourth-order valence-corrected chi connectivity index (χ4v) is 1.58. The average Bonchev–Trinajstić information content (AvgIpc) is 2.68. The number of hydrogen-bond acceptors (Lipinski definition) is 3. The summed E-state index contributed by atoms with van der Waals surface area (Å²) in [4.78, 5) is 22.6. The summed E-state index contributed by atoms with van der Waals surface area (Å²) in [5.74, 6) is -0.172. The first-order valence-electron chi connectivity index (χ1n) is 5.04. The van der Waals surface area contributed by atoms with Gasteiger partial charge in [0.05, 0.1) is 0 Å². The van der Waals surface area contributed by atoms with Gasteiger partial charge in [-0.25, -0.2) is 0 Å². The molecule has 0 aliphatic carbocycles. The summed E-state index contributed by atoms with van der Waals surface area (Å²) in [5.41, 5.74) is 0.601. The van der Waals surface area contributed by atoms with Crippen molar-refractivity contribution >= 4 is 17.5 Å². The Morgan fingerprint density at radius 1 is 1.38 bits per heavy atom. The molecule has 1 aromatic rings. The molecule has 1 saturated heterocycles. The second-order valence-corrected chi connectivity index (χ2v) is 3.69. The van der Waals surface area contributed by atoms with E-state index in [0.717, 1.165) is 0 Å². The predicted octanol–water partition coefficient (Wildman–Crippen LogP) is 0.609. The SMILES string of the molecule is O=C1CCC(C(=O)Nc2ccc(O)cc2)N1. The molecular formula is C11H12N2O3. The van der Waals surface area contributed by atoms with Crippen molar-refractivity contribution in [3.8, 4) is 5.75 Å². The molecule has 1 heterocycles. The van der Waals surface area contributed by atoms with Gasteiger partial charge in [0.1, 0.15) is 11.8 Å². The molecule has 1 atom stereocenters. The van der Waals surface area contributed by atoms with E-state index in [1.807, 2.05) is 0 Å². The fraction of sp³-hybridized carbons (Fsp3) is 0.273. The van der Waals surface area contributed by atoms with E-state index in [0.29, 0.717) is 18.5 Å².